The Morgan fingerprint density at radius 1 is 1.07 bits per heavy atom. The second-order valence-corrected chi connectivity index (χ2v) is 7.25. The number of halogens is 1. The zero-order valence-electron chi connectivity index (χ0n) is 17.6. The number of ether oxygens (including phenoxy) is 3. The summed E-state index contributed by atoms with van der Waals surface area (Å²) >= 11 is 0. The molecule has 164 valence electrons. The fraction of sp³-hybridized carbons (Fsp3) is 0.435. The standard InChI is InChI=1S/C23H30N2O4.ClH/c1-3-27-22-14-19(23(26)25-16-18(15-24)13-17(25)2)9-10-21(22)29-12-11-28-20-7-5-4-6-8-20;/h4-10,14,17-18H,3,11-13,15-16,24H2,1-2H3;1H. The van der Waals surface area contributed by atoms with Gasteiger partial charge >= 0.3 is 0 Å². The Labute approximate surface area is 184 Å². The van der Waals surface area contributed by atoms with E-state index < -0.39 is 0 Å². The van der Waals surface area contributed by atoms with E-state index >= 15 is 0 Å². The highest BCUT2D eigenvalue weighted by Gasteiger charge is 2.32. The van der Waals surface area contributed by atoms with E-state index in [1.807, 2.05) is 42.2 Å². The third-order valence-corrected chi connectivity index (χ3v) is 5.10. The molecule has 6 nitrogen and oxygen atoms in total. The van der Waals surface area contributed by atoms with Crippen molar-refractivity contribution in [1.82, 2.24) is 4.90 Å². The van der Waals surface area contributed by atoms with Gasteiger partial charge in [0.1, 0.15) is 19.0 Å². The molecule has 1 aliphatic heterocycles. The van der Waals surface area contributed by atoms with Crippen LogP contribution in [-0.4, -0.2) is 49.8 Å². The Bertz CT molecular complexity index is 803. The van der Waals surface area contributed by atoms with Crippen LogP contribution in [0.3, 0.4) is 0 Å². The van der Waals surface area contributed by atoms with Gasteiger partial charge in [-0.05, 0) is 63.1 Å². The van der Waals surface area contributed by atoms with Crippen molar-refractivity contribution in [3.63, 3.8) is 0 Å². The zero-order chi connectivity index (χ0) is 20.6. The monoisotopic (exact) mass is 434 g/mol. The molecule has 2 aromatic rings. The first-order valence-corrected chi connectivity index (χ1v) is 10.2. The summed E-state index contributed by atoms with van der Waals surface area (Å²) in [4.78, 5) is 14.9. The molecule has 0 saturated carbocycles. The molecular weight excluding hydrogens is 404 g/mol. The highest BCUT2D eigenvalue weighted by molar-refractivity contribution is 5.95. The average molecular weight is 435 g/mol. The van der Waals surface area contributed by atoms with Crippen LogP contribution < -0.4 is 19.9 Å². The highest BCUT2D eigenvalue weighted by atomic mass is 35.5. The van der Waals surface area contributed by atoms with Gasteiger partial charge in [-0.25, -0.2) is 0 Å². The van der Waals surface area contributed by atoms with E-state index in [0.717, 1.165) is 12.2 Å². The molecule has 1 amide bonds. The van der Waals surface area contributed by atoms with Crippen molar-refractivity contribution in [2.24, 2.45) is 11.7 Å². The molecule has 2 aromatic carbocycles. The Kier molecular flexibility index (Phi) is 9.27. The Morgan fingerprint density at radius 2 is 1.80 bits per heavy atom. The van der Waals surface area contributed by atoms with E-state index in [1.54, 1.807) is 18.2 Å². The predicted octanol–water partition coefficient (Wildman–Crippen LogP) is 3.77. The van der Waals surface area contributed by atoms with Crippen LogP contribution in [0.25, 0.3) is 0 Å². The summed E-state index contributed by atoms with van der Waals surface area (Å²) in [6, 6.07) is 15.1. The Balaban J connectivity index is 0.00000320. The smallest absolute Gasteiger partial charge is 0.254 e. The normalized spacial score (nSPS) is 17.9. The van der Waals surface area contributed by atoms with Gasteiger partial charge in [0, 0.05) is 18.2 Å². The molecule has 0 spiro atoms. The highest BCUT2D eigenvalue weighted by Crippen LogP contribution is 2.31. The zero-order valence-corrected chi connectivity index (χ0v) is 18.4. The van der Waals surface area contributed by atoms with Gasteiger partial charge in [-0.15, -0.1) is 12.4 Å². The minimum atomic E-state index is 0. The number of para-hydroxylation sites is 1. The molecule has 0 bridgehead atoms. The molecular formula is C23H31ClN2O4. The van der Waals surface area contributed by atoms with Crippen LogP contribution in [0.15, 0.2) is 48.5 Å². The summed E-state index contributed by atoms with van der Waals surface area (Å²) in [6.45, 7) is 6.58. The van der Waals surface area contributed by atoms with Gasteiger partial charge in [-0.3, -0.25) is 4.79 Å². The van der Waals surface area contributed by atoms with E-state index in [9.17, 15) is 4.79 Å². The Hall–Kier alpha value is -2.44. The molecule has 1 heterocycles. The number of benzene rings is 2. The van der Waals surface area contributed by atoms with Crippen molar-refractivity contribution in [1.29, 1.82) is 0 Å². The van der Waals surface area contributed by atoms with E-state index in [4.69, 9.17) is 19.9 Å². The van der Waals surface area contributed by atoms with Gasteiger partial charge in [0.25, 0.3) is 5.91 Å². The topological polar surface area (TPSA) is 74.0 Å². The number of carbonyl (C=O) groups excluding carboxylic acids is 1. The number of nitrogens with zero attached hydrogens (tertiary/aromatic N) is 1. The van der Waals surface area contributed by atoms with Gasteiger partial charge in [0.05, 0.1) is 6.61 Å². The largest absolute Gasteiger partial charge is 0.490 e. The lowest BCUT2D eigenvalue weighted by Gasteiger charge is -2.22. The molecule has 3 rings (SSSR count). The molecule has 0 aliphatic carbocycles. The molecule has 0 aromatic heterocycles. The summed E-state index contributed by atoms with van der Waals surface area (Å²) in [5.41, 5.74) is 6.39. The van der Waals surface area contributed by atoms with Gasteiger partial charge in [0.2, 0.25) is 0 Å². The lowest BCUT2D eigenvalue weighted by Crippen LogP contribution is -2.34. The second kappa shape index (κ2) is 11.7. The van der Waals surface area contributed by atoms with Gasteiger partial charge in [-0.2, -0.15) is 0 Å². The van der Waals surface area contributed by atoms with Crippen LogP contribution in [0.1, 0.15) is 30.6 Å². The lowest BCUT2D eigenvalue weighted by molar-refractivity contribution is 0.0743. The number of likely N-dealkylation sites (tertiary alicyclic amines) is 1. The fourth-order valence-electron chi connectivity index (χ4n) is 3.62. The second-order valence-electron chi connectivity index (χ2n) is 7.25. The molecule has 1 fully saturated rings. The predicted molar refractivity (Wildman–Crippen MR) is 120 cm³/mol. The van der Waals surface area contributed by atoms with E-state index in [1.165, 1.54) is 0 Å². The van der Waals surface area contributed by atoms with Crippen molar-refractivity contribution in [2.75, 3.05) is 32.9 Å². The average Bonchev–Trinajstić information content (AvgIpc) is 3.13. The molecule has 30 heavy (non-hydrogen) atoms. The number of carbonyl (C=O) groups is 1. The molecule has 2 N–H and O–H groups in total. The summed E-state index contributed by atoms with van der Waals surface area (Å²) < 4.78 is 17.2. The molecule has 1 saturated heterocycles. The van der Waals surface area contributed by atoms with Crippen LogP contribution in [-0.2, 0) is 0 Å². The maximum Gasteiger partial charge on any atom is 0.254 e. The van der Waals surface area contributed by atoms with Crippen molar-refractivity contribution in [3.05, 3.63) is 54.1 Å². The van der Waals surface area contributed by atoms with Crippen LogP contribution in [0.2, 0.25) is 0 Å². The summed E-state index contributed by atoms with van der Waals surface area (Å²) in [7, 11) is 0. The van der Waals surface area contributed by atoms with Crippen LogP contribution >= 0.6 is 12.4 Å². The van der Waals surface area contributed by atoms with E-state index in [0.29, 0.717) is 55.9 Å². The van der Waals surface area contributed by atoms with Crippen LogP contribution in [0, 0.1) is 5.92 Å². The minimum absolute atomic E-state index is 0. The first kappa shape index (κ1) is 23.8. The number of amides is 1. The van der Waals surface area contributed by atoms with E-state index in [2.05, 4.69) is 6.92 Å². The van der Waals surface area contributed by atoms with E-state index in [-0.39, 0.29) is 24.4 Å². The summed E-state index contributed by atoms with van der Waals surface area (Å²) in [5.74, 6) is 2.35. The molecule has 2 unspecified atom stereocenters. The van der Waals surface area contributed by atoms with Crippen molar-refractivity contribution >= 4 is 18.3 Å². The van der Waals surface area contributed by atoms with Gasteiger partial charge < -0.3 is 24.8 Å². The molecule has 1 aliphatic rings. The molecule has 7 heteroatoms. The van der Waals surface area contributed by atoms with Crippen molar-refractivity contribution in [3.8, 4) is 17.2 Å². The summed E-state index contributed by atoms with van der Waals surface area (Å²) in [6.07, 6.45) is 0.948. The van der Waals surface area contributed by atoms with Gasteiger partial charge in [0.15, 0.2) is 11.5 Å². The number of hydrogen-bond acceptors (Lipinski definition) is 5. The number of nitrogens with two attached hydrogens (primary N) is 1. The minimum Gasteiger partial charge on any atom is -0.490 e. The van der Waals surface area contributed by atoms with Crippen molar-refractivity contribution < 1.29 is 19.0 Å². The maximum atomic E-state index is 13.0. The SMILES string of the molecule is CCOc1cc(C(=O)N2CC(CN)CC2C)ccc1OCCOc1ccccc1.Cl. The molecule has 2 atom stereocenters. The first-order valence-electron chi connectivity index (χ1n) is 10.2. The maximum absolute atomic E-state index is 13.0. The van der Waals surface area contributed by atoms with Crippen molar-refractivity contribution in [2.45, 2.75) is 26.3 Å². The molecule has 0 radical (unpaired) electrons. The van der Waals surface area contributed by atoms with Crippen LogP contribution in [0.5, 0.6) is 17.2 Å². The third-order valence-electron chi connectivity index (χ3n) is 5.10. The quantitative estimate of drug-likeness (QED) is 0.608. The first-order chi connectivity index (χ1) is 14.1. The van der Waals surface area contributed by atoms with Gasteiger partial charge in [-0.1, -0.05) is 18.2 Å². The van der Waals surface area contributed by atoms with Crippen LogP contribution in [0.4, 0.5) is 0 Å². The summed E-state index contributed by atoms with van der Waals surface area (Å²) in [5, 5.41) is 0. The number of rotatable bonds is 9. The fourth-order valence-corrected chi connectivity index (χ4v) is 3.62. The Morgan fingerprint density at radius 3 is 2.47 bits per heavy atom. The lowest BCUT2D eigenvalue weighted by atomic mass is 10.1. The third kappa shape index (κ3) is 6.03. The number of hydrogen-bond donors (Lipinski definition) is 1.